The van der Waals surface area contributed by atoms with Crippen LogP contribution in [0.25, 0.3) is 0 Å². The maximum absolute atomic E-state index is 14.4. The van der Waals surface area contributed by atoms with Crippen molar-refractivity contribution in [3.05, 3.63) is 64.4 Å². The van der Waals surface area contributed by atoms with Gasteiger partial charge in [-0.2, -0.15) is 0 Å². The summed E-state index contributed by atoms with van der Waals surface area (Å²) in [7, 11) is 0. The number of unbranched alkanes of at least 4 members (excludes halogenated alkanes) is 1. The first-order valence-corrected chi connectivity index (χ1v) is 14.2. The van der Waals surface area contributed by atoms with E-state index in [9.17, 15) is 14.0 Å². The minimum atomic E-state index is -0.597. The van der Waals surface area contributed by atoms with Crippen molar-refractivity contribution in [1.82, 2.24) is 9.80 Å². The van der Waals surface area contributed by atoms with Crippen LogP contribution in [0.3, 0.4) is 0 Å². The lowest BCUT2D eigenvalue weighted by Crippen LogP contribution is -2.65. The standard InChI is InChI=1S/C30H37ClFN3O2/c1-2-3-12-27-23-10-7-16-34-15-6-8-20(29(23)34)18-35(27)19-28(36)33-26-14-13-21(31)17-24(26)30(37)22-9-4-5-11-25(22)32/h4-5,9,11,13-14,17,20,23,27,29H,2-3,6-8,10,12,15-16,18-19H2,1H3,(H,33,36)/t20-,23+,27+,29-/m0/s1. The Labute approximate surface area is 224 Å². The van der Waals surface area contributed by atoms with Crippen molar-refractivity contribution in [2.75, 3.05) is 31.5 Å². The Morgan fingerprint density at radius 2 is 1.86 bits per heavy atom. The average Bonchev–Trinajstić information content (AvgIpc) is 2.89. The topological polar surface area (TPSA) is 52.6 Å². The largest absolute Gasteiger partial charge is 0.324 e. The lowest BCUT2D eigenvalue weighted by Gasteiger charge is -2.57. The highest BCUT2D eigenvalue weighted by molar-refractivity contribution is 6.31. The summed E-state index contributed by atoms with van der Waals surface area (Å²) in [6.07, 6.45) is 8.37. The van der Waals surface area contributed by atoms with Gasteiger partial charge in [-0.1, -0.05) is 43.5 Å². The molecule has 198 valence electrons. The number of benzene rings is 2. The van der Waals surface area contributed by atoms with Gasteiger partial charge >= 0.3 is 0 Å². The zero-order valence-corrected chi connectivity index (χ0v) is 22.4. The Hall–Kier alpha value is -2.28. The van der Waals surface area contributed by atoms with Gasteiger partial charge in [-0.15, -0.1) is 0 Å². The summed E-state index contributed by atoms with van der Waals surface area (Å²) in [6, 6.07) is 11.7. The van der Waals surface area contributed by atoms with E-state index < -0.39 is 11.6 Å². The van der Waals surface area contributed by atoms with Crippen molar-refractivity contribution in [3.63, 3.8) is 0 Å². The maximum atomic E-state index is 14.4. The quantitative estimate of drug-likeness (QED) is 0.429. The number of likely N-dealkylation sites (tertiary alicyclic amines) is 1. The van der Waals surface area contributed by atoms with Crippen molar-refractivity contribution < 1.29 is 14.0 Å². The third kappa shape index (κ3) is 5.62. The lowest BCUT2D eigenvalue weighted by molar-refractivity contribution is -0.123. The maximum Gasteiger partial charge on any atom is 0.238 e. The van der Waals surface area contributed by atoms with Gasteiger partial charge in [0.25, 0.3) is 0 Å². The molecule has 5 rings (SSSR count). The molecule has 4 atom stereocenters. The second kappa shape index (κ2) is 11.6. The van der Waals surface area contributed by atoms with E-state index in [1.54, 1.807) is 24.3 Å². The molecule has 1 amide bonds. The number of anilines is 1. The summed E-state index contributed by atoms with van der Waals surface area (Å²) in [5.41, 5.74) is 0.521. The van der Waals surface area contributed by atoms with Crippen molar-refractivity contribution >= 4 is 29.0 Å². The predicted molar refractivity (Wildman–Crippen MR) is 146 cm³/mol. The summed E-state index contributed by atoms with van der Waals surface area (Å²) in [5.74, 6) is -0.0184. The first-order chi connectivity index (χ1) is 18.0. The molecular formula is C30H37ClFN3O2. The van der Waals surface area contributed by atoms with Gasteiger partial charge in [-0.05, 0) is 87.4 Å². The number of carbonyl (C=O) groups is 2. The van der Waals surface area contributed by atoms with E-state index in [1.165, 1.54) is 57.0 Å². The predicted octanol–water partition coefficient (Wildman–Crippen LogP) is 6.01. The van der Waals surface area contributed by atoms with Crippen LogP contribution >= 0.6 is 11.6 Å². The number of piperidine rings is 3. The molecule has 0 saturated carbocycles. The van der Waals surface area contributed by atoms with Crippen molar-refractivity contribution in [3.8, 4) is 0 Å². The van der Waals surface area contributed by atoms with Crippen LogP contribution in [0.15, 0.2) is 42.5 Å². The second-order valence-corrected chi connectivity index (χ2v) is 11.4. The Bertz CT molecular complexity index is 1140. The van der Waals surface area contributed by atoms with E-state index in [4.69, 9.17) is 11.6 Å². The van der Waals surface area contributed by atoms with Gasteiger partial charge in [-0.25, -0.2) is 4.39 Å². The molecule has 3 saturated heterocycles. The lowest BCUT2D eigenvalue weighted by atomic mass is 9.69. The molecule has 0 spiro atoms. The van der Waals surface area contributed by atoms with E-state index in [1.807, 2.05) is 0 Å². The summed E-state index contributed by atoms with van der Waals surface area (Å²) in [4.78, 5) is 31.8. The van der Waals surface area contributed by atoms with Crippen LogP contribution in [0.1, 0.15) is 67.8 Å². The van der Waals surface area contributed by atoms with Crippen LogP contribution in [0.4, 0.5) is 10.1 Å². The summed E-state index contributed by atoms with van der Waals surface area (Å²) in [6.45, 7) is 5.90. The van der Waals surface area contributed by atoms with Gasteiger partial charge in [-0.3, -0.25) is 19.4 Å². The summed E-state index contributed by atoms with van der Waals surface area (Å²) >= 11 is 6.19. The smallest absolute Gasteiger partial charge is 0.238 e. The number of halogens is 2. The highest BCUT2D eigenvalue weighted by atomic mass is 35.5. The van der Waals surface area contributed by atoms with Gasteiger partial charge in [0.1, 0.15) is 5.82 Å². The van der Waals surface area contributed by atoms with Gasteiger partial charge in [0.05, 0.1) is 17.8 Å². The normalized spacial score (nSPS) is 25.9. The third-order valence-corrected chi connectivity index (χ3v) is 8.83. The molecule has 5 nitrogen and oxygen atoms in total. The number of nitrogens with one attached hydrogen (secondary N) is 1. The van der Waals surface area contributed by atoms with Gasteiger partial charge in [0, 0.05) is 29.2 Å². The Morgan fingerprint density at radius 3 is 2.65 bits per heavy atom. The van der Waals surface area contributed by atoms with Crippen LogP contribution in [-0.2, 0) is 4.79 Å². The fourth-order valence-corrected chi connectivity index (χ4v) is 7.23. The van der Waals surface area contributed by atoms with Crippen LogP contribution in [0.2, 0.25) is 5.02 Å². The molecule has 0 bridgehead atoms. The first kappa shape index (κ1) is 26.3. The van der Waals surface area contributed by atoms with Crippen LogP contribution < -0.4 is 5.32 Å². The monoisotopic (exact) mass is 525 g/mol. The number of amides is 1. The second-order valence-electron chi connectivity index (χ2n) is 10.9. The van der Waals surface area contributed by atoms with E-state index in [0.29, 0.717) is 41.2 Å². The Kier molecular flexibility index (Phi) is 8.28. The van der Waals surface area contributed by atoms with Crippen LogP contribution in [0.5, 0.6) is 0 Å². The minimum absolute atomic E-state index is 0.0406. The van der Waals surface area contributed by atoms with E-state index in [2.05, 4.69) is 22.0 Å². The first-order valence-electron chi connectivity index (χ1n) is 13.8. The number of hydrogen-bond acceptors (Lipinski definition) is 4. The van der Waals surface area contributed by atoms with Crippen LogP contribution in [0, 0.1) is 17.7 Å². The van der Waals surface area contributed by atoms with Gasteiger partial charge in [0.2, 0.25) is 5.91 Å². The van der Waals surface area contributed by atoms with Crippen molar-refractivity contribution in [1.29, 1.82) is 0 Å². The zero-order chi connectivity index (χ0) is 25.9. The molecule has 3 aliphatic rings. The molecule has 3 fully saturated rings. The number of carbonyl (C=O) groups excluding carboxylic acids is 2. The highest BCUT2D eigenvalue weighted by Crippen LogP contribution is 2.43. The van der Waals surface area contributed by atoms with E-state index in [0.717, 1.165) is 25.8 Å². The van der Waals surface area contributed by atoms with Gasteiger partial charge < -0.3 is 5.32 Å². The number of ketones is 1. The molecule has 0 unspecified atom stereocenters. The number of rotatable bonds is 8. The molecule has 0 aliphatic carbocycles. The molecule has 2 aromatic carbocycles. The average molecular weight is 526 g/mol. The molecule has 3 heterocycles. The SMILES string of the molecule is CCCC[C@@H]1[C@H]2CCCN3CCC[C@@H](CN1CC(=O)Nc1ccc(Cl)cc1C(=O)c1ccccc1F)[C@@H]23. The molecular weight excluding hydrogens is 489 g/mol. The Balaban J connectivity index is 1.35. The summed E-state index contributed by atoms with van der Waals surface area (Å²) in [5, 5.41) is 3.33. The van der Waals surface area contributed by atoms with Gasteiger partial charge in [0.15, 0.2) is 5.78 Å². The fraction of sp³-hybridized carbons (Fsp3) is 0.533. The van der Waals surface area contributed by atoms with E-state index >= 15 is 0 Å². The molecule has 37 heavy (non-hydrogen) atoms. The number of hydrogen-bond donors (Lipinski definition) is 1. The summed E-state index contributed by atoms with van der Waals surface area (Å²) < 4.78 is 14.4. The molecule has 0 radical (unpaired) electrons. The molecule has 7 heteroatoms. The molecule has 0 aromatic heterocycles. The third-order valence-electron chi connectivity index (χ3n) is 8.60. The number of nitrogens with zero attached hydrogens (tertiary/aromatic N) is 2. The van der Waals surface area contributed by atoms with E-state index in [-0.39, 0.29) is 17.0 Å². The molecule has 3 aliphatic heterocycles. The van der Waals surface area contributed by atoms with Crippen LogP contribution in [-0.4, -0.2) is 59.8 Å². The minimum Gasteiger partial charge on any atom is -0.324 e. The molecule has 2 aromatic rings. The highest BCUT2D eigenvalue weighted by Gasteiger charge is 2.48. The van der Waals surface area contributed by atoms with Crippen molar-refractivity contribution in [2.24, 2.45) is 11.8 Å². The Morgan fingerprint density at radius 1 is 1.08 bits per heavy atom. The zero-order valence-electron chi connectivity index (χ0n) is 21.6. The molecule has 1 N–H and O–H groups in total. The fourth-order valence-electron chi connectivity index (χ4n) is 7.05. The van der Waals surface area contributed by atoms with Crippen molar-refractivity contribution in [2.45, 2.75) is 64.0 Å².